The van der Waals surface area contributed by atoms with E-state index in [0.29, 0.717) is 18.8 Å². The molecule has 1 atom stereocenters. The first-order valence-electron chi connectivity index (χ1n) is 8.47. The second kappa shape index (κ2) is 5.91. The Morgan fingerprint density at radius 2 is 2.00 bits per heavy atom. The maximum atomic E-state index is 11.9. The summed E-state index contributed by atoms with van der Waals surface area (Å²) < 4.78 is 25.6. The van der Waals surface area contributed by atoms with Gasteiger partial charge in [0.05, 0.1) is 28.2 Å². The molecule has 1 aliphatic carbocycles. The number of nitrogens with zero attached hydrogens (tertiary/aromatic N) is 4. The monoisotopic (exact) mass is 366 g/mol. The van der Waals surface area contributed by atoms with E-state index in [0.717, 1.165) is 28.8 Å². The van der Waals surface area contributed by atoms with Crippen LogP contribution in [-0.4, -0.2) is 39.7 Å². The van der Waals surface area contributed by atoms with Crippen molar-refractivity contribution in [1.29, 1.82) is 0 Å². The second-order valence-corrected chi connectivity index (χ2v) is 10.5. The van der Waals surface area contributed by atoms with Crippen LogP contribution in [0.4, 0.5) is 0 Å². The first-order chi connectivity index (χ1) is 11.4. The zero-order valence-electron chi connectivity index (χ0n) is 14.0. The molecule has 2 aliphatic rings. The molecule has 6 nitrogen and oxygen atoms in total. The van der Waals surface area contributed by atoms with Crippen molar-refractivity contribution in [3.05, 3.63) is 27.2 Å². The zero-order valence-corrected chi connectivity index (χ0v) is 15.7. The third-order valence-electron chi connectivity index (χ3n) is 4.79. The van der Waals surface area contributed by atoms with E-state index in [-0.39, 0.29) is 17.5 Å². The molecule has 2 fully saturated rings. The summed E-state index contributed by atoms with van der Waals surface area (Å²) in [5.41, 5.74) is 1.04. The van der Waals surface area contributed by atoms with Gasteiger partial charge >= 0.3 is 0 Å². The molecule has 0 N–H and O–H groups in total. The first kappa shape index (κ1) is 16.2. The average Bonchev–Trinajstić information content (AvgIpc) is 2.97. The lowest BCUT2D eigenvalue weighted by atomic mass is 10.2. The summed E-state index contributed by atoms with van der Waals surface area (Å²) >= 11 is 1.69. The van der Waals surface area contributed by atoms with Gasteiger partial charge in [0.25, 0.3) is 0 Å². The highest BCUT2D eigenvalue weighted by atomic mass is 32.2. The van der Waals surface area contributed by atoms with Crippen molar-refractivity contribution in [1.82, 2.24) is 19.7 Å². The topological polar surface area (TPSA) is 77.7 Å². The van der Waals surface area contributed by atoms with Crippen molar-refractivity contribution in [2.24, 2.45) is 5.92 Å². The smallest absolute Gasteiger partial charge is 0.152 e. The number of thiazole rings is 1. The van der Waals surface area contributed by atoms with E-state index in [4.69, 9.17) is 10.1 Å². The first-order valence-corrected chi connectivity index (χ1v) is 11.1. The van der Waals surface area contributed by atoms with E-state index in [2.05, 4.69) is 4.98 Å². The Bertz CT molecular complexity index is 865. The molecule has 1 saturated carbocycles. The largest absolute Gasteiger partial charge is 0.247 e. The molecular weight excluding hydrogens is 344 g/mol. The van der Waals surface area contributed by atoms with Crippen LogP contribution in [0.1, 0.15) is 52.5 Å². The molecule has 2 aromatic rings. The lowest BCUT2D eigenvalue weighted by Crippen LogP contribution is -2.16. The number of hydrogen-bond donors (Lipinski definition) is 0. The van der Waals surface area contributed by atoms with Crippen LogP contribution < -0.4 is 0 Å². The summed E-state index contributed by atoms with van der Waals surface area (Å²) in [5.74, 6) is 2.92. The Balaban J connectivity index is 1.65. The molecule has 4 rings (SSSR count). The van der Waals surface area contributed by atoms with Gasteiger partial charge in [-0.05, 0) is 39.0 Å². The fourth-order valence-corrected chi connectivity index (χ4v) is 5.96. The Hall–Kier alpha value is -1.28. The van der Waals surface area contributed by atoms with Crippen LogP contribution in [0.2, 0.25) is 0 Å². The summed E-state index contributed by atoms with van der Waals surface area (Å²) in [6, 6.07) is -0.0697. The molecule has 3 heterocycles. The van der Waals surface area contributed by atoms with Gasteiger partial charge in [0.1, 0.15) is 5.82 Å². The summed E-state index contributed by atoms with van der Waals surface area (Å²) in [4.78, 5) is 10.4. The second-order valence-electron chi connectivity index (χ2n) is 7.01. The molecule has 0 aromatic carbocycles. The van der Waals surface area contributed by atoms with E-state index >= 15 is 0 Å². The van der Waals surface area contributed by atoms with Gasteiger partial charge in [-0.15, -0.1) is 11.3 Å². The normalized spacial score (nSPS) is 23.0. The number of aryl methyl sites for hydroxylation is 2. The van der Waals surface area contributed by atoms with E-state index in [9.17, 15) is 8.42 Å². The summed E-state index contributed by atoms with van der Waals surface area (Å²) in [6.45, 7) is 4.03. The van der Waals surface area contributed by atoms with Crippen LogP contribution in [-0.2, 0) is 22.7 Å². The number of rotatable bonds is 5. The SMILES string of the molecule is Cc1nc(C)c(Cc2nc(CC3CC3)nn2[C@H]2CCS(=O)(=O)C2)s1. The van der Waals surface area contributed by atoms with Gasteiger partial charge in [-0.1, -0.05) is 0 Å². The fourth-order valence-electron chi connectivity index (χ4n) is 3.33. The maximum absolute atomic E-state index is 11.9. The third kappa shape index (κ3) is 3.39. The molecule has 24 heavy (non-hydrogen) atoms. The van der Waals surface area contributed by atoms with Crippen molar-refractivity contribution in [3.63, 3.8) is 0 Å². The molecular formula is C16H22N4O2S2. The van der Waals surface area contributed by atoms with Crippen molar-refractivity contribution < 1.29 is 8.42 Å². The van der Waals surface area contributed by atoms with Crippen LogP contribution in [0, 0.1) is 19.8 Å². The lowest BCUT2D eigenvalue weighted by molar-refractivity contribution is 0.477. The molecule has 1 saturated heterocycles. The van der Waals surface area contributed by atoms with Crippen molar-refractivity contribution in [2.45, 2.75) is 52.0 Å². The molecule has 130 valence electrons. The molecule has 0 radical (unpaired) electrons. The van der Waals surface area contributed by atoms with Gasteiger partial charge in [0.15, 0.2) is 15.7 Å². The van der Waals surface area contributed by atoms with Gasteiger partial charge in [-0.25, -0.2) is 23.1 Å². The van der Waals surface area contributed by atoms with Gasteiger partial charge in [0.2, 0.25) is 0 Å². The molecule has 8 heteroatoms. The highest BCUT2D eigenvalue weighted by Crippen LogP contribution is 2.33. The fraction of sp³-hybridized carbons (Fsp3) is 0.688. The van der Waals surface area contributed by atoms with E-state index in [1.807, 2.05) is 18.5 Å². The predicted molar refractivity (Wildman–Crippen MR) is 93.2 cm³/mol. The Morgan fingerprint density at radius 1 is 1.21 bits per heavy atom. The molecule has 0 bridgehead atoms. The van der Waals surface area contributed by atoms with E-state index in [1.165, 1.54) is 17.7 Å². The molecule has 2 aromatic heterocycles. The molecule has 1 aliphatic heterocycles. The summed E-state index contributed by atoms with van der Waals surface area (Å²) in [7, 11) is -2.94. The number of hydrogen-bond acceptors (Lipinski definition) is 6. The molecule has 0 spiro atoms. The number of aromatic nitrogens is 4. The molecule has 0 amide bonds. The highest BCUT2D eigenvalue weighted by molar-refractivity contribution is 7.91. The number of sulfone groups is 1. The van der Waals surface area contributed by atoms with Crippen molar-refractivity contribution in [2.75, 3.05) is 11.5 Å². The zero-order chi connectivity index (χ0) is 16.9. The van der Waals surface area contributed by atoms with Crippen LogP contribution in [0.3, 0.4) is 0 Å². The van der Waals surface area contributed by atoms with Gasteiger partial charge in [0, 0.05) is 17.7 Å². The van der Waals surface area contributed by atoms with Crippen LogP contribution >= 0.6 is 11.3 Å². The summed E-state index contributed by atoms with van der Waals surface area (Å²) in [6.07, 6.45) is 4.76. The average molecular weight is 367 g/mol. The lowest BCUT2D eigenvalue weighted by Gasteiger charge is -2.11. The maximum Gasteiger partial charge on any atom is 0.152 e. The van der Waals surface area contributed by atoms with Crippen LogP contribution in [0.5, 0.6) is 0 Å². The quantitative estimate of drug-likeness (QED) is 0.811. The Kier molecular flexibility index (Phi) is 3.99. The standard InChI is InChI=1S/C16H22N4O2S2/c1-10-14(23-11(2)17-10)8-16-18-15(7-12-3-4-12)19-20(16)13-5-6-24(21,22)9-13/h12-13H,3-9H2,1-2H3/t13-/m0/s1. The predicted octanol–water partition coefficient (Wildman–Crippen LogP) is 2.25. The highest BCUT2D eigenvalue weighted by Gasteiger charge is 2.33. The van der Waals surface area contributed by atoms with E-state index < -0.39 is 9.84 Å². The van der Waals surface area contributed by atoms with Gasteiger partial charge < -0.3 is 0 Å². The van der Waals surface area contributed by atoms with Crippen LogP contribution in [0.15, 0.2) is 0 Å². The minimum Gasteiger partial charge on any atom is -0.247 e. The minimum atomic E-state index is -2.94. The summed E-state index contributed by atoms with van der Waals surface area (Å²) in [5, 5.41) is 5.75. The minimum absolute atomic E-state index is 0.0697. The van der Waals surface area contributed by atoms with Crippen LogP contribution in [0.25, 0.3) is 0 Å². The molecule has 0 unspecified atom stereocenters. The van der Waals surface area contributed by atoms with Gasteiger partial charge in [-0.3, -0.25) is 0 Å². The van der Waals surface area contributed by atoms with Gasteiger partial charge in [-0.2, -0.15) is 5.10 Å². The van der Waals surface area contributed by atoms with Crippen molar-refractivity contribution >= 4 is 21.2 Å². The third-order valence-corrected chi connectivity index (χ3v) is 7.61. The van der Waals surface area contributed by atoms with E-state index in [1.54, 1.807) is 11.3 Å². The Morgan fingerprint density at radius 3 is 2.58 bits per heavy atom. The Labute approximate surface area is 146 Å². The van der Waals surface area contributed by atoms with Crippen molar-refractivity contribution in [3.8, 4) is 0 Å².